The van der Waals surface area contributed by atoms with Crippen LogP contribution < -0.4 is 37.2 Å². The first-order chi connectivity index (χ1) is 35.4. The van der Waals surface area contributed by atoms with E-state index in [1.54, 1.807) is 58.8 Å². The highest BCUT2D eigenvalue weighted by Crippen LogP contribution is 2.41. The number of methoxy groups -OCH3 is 2. The topological polar surface area (TPSA) is 179 Å². The molecule has 0 bridgehead atoms. The lowest BCUT2D eigenvalue weighted by atomic mass is 9.79. The maximum atomic E-state index is 13.1. The molecule has 3 aliphatic heterocycles. The van der Waals surface area contributed by atoms with Crippen molar-refractivity contribution in [3.63, 3.8) is 0 Å². The van der Waals surface area contributed by atoms with Gasteiger partial charge in [-0.3, -0.25) is 18.7 Å². The van der Waals surface area contributed by atoms with E-state index in [1.165, 1.54) is 9.36 Å². The molecule has 0 saturated carbocycles. The smallest absolute Gasteiger partial charge is 0.494 e. The summed E-state index contributed by atoms with van der Waals surface area (Å²) in [5.41, 5.74) is 5.11. The van der Waals surface area contributed by atoms with Gasteiger partial charge in [-0.1, -0.05) is 54.6 Å². The molecule has 0 spiro atoms. The number of carbonyl (C=O) groups excluding carboxylic acids is 1. The number of ether oxygens (including phenoxy) is 2. The number of benzene rings is 4. The second-order valence-corrected chi connectivity index (χ2v) is 21.6. The molecule has 1 saturated heterocycles. The molecule has 8 aromatic rings. The second-order valence-electron chi connectivity index (χ2n) is 18.7. The first-order valence-corrected chi connectivity index (χ1v) is 26.3. The van der Waals surface area contributed by atoms with Gasteiger partial charge in [0.2, 0.25) is 5.91 Å². The second kappa shape index (κ2) is 21.5. The number of amides is 1. The Balaban J connectivity index is 0.000000151. The number of aromatic amines is 1. The number of thiophene rings is 1. The predicted octanol–water partition coefficient (Wildman–Crippen LogP) is 8.17. The minimum atomic E-state index is -0.442. The molecule has 7 heterocycles. The van der Waals surface area contributed by atoms with Crippen molar-refractivity contribution in [2.45, 2.75) is 71.1 Å². The number of halogens is 1. The highest BCUT2D eigenvalue weighted by Gasteiger charge is 2.51. The summed E-state index contributed by atoms with van der Waals surface area (Å²) in [5.74, 6) is 2.67. The number of aryl methyl sites for hydroxylation is 2. The van der Waals surface area contributed by atoms with Crippen LogP contribution in [0.3, 0.4) is 0 Å². The van der Waals surface area contributed by atoms with Crippen LogP contribution in [0.15, 0.2) is 151 Å². The first-order valence-electron chi connectivity index (χ1n) is 23.7. The Morgan fingerprint density at radius 1 is 0.743 bits per heavy atom. The summed E-state index contributed by atoms with van der Waals surface area (Å²) in [5, 5.41) is 16.5. The summed E-state index contributed by atoms with van der Waals surface area (Å²) in [6.07, 6.45) is 5.40. The third-order valence-corrected chi connectivity index (χ3v) is 16.4. The van der Waals surface area contributed by atoms with Gasteiger partial charge in [-0.2, -0.15) is 19.6 Å². The Morgan fingerprint density at radius 2 is 1.28 bits per heavy atom. The Hall–Kier alpha value is -6.97. The van der Waals surface area contributed by atoms with Crippen LogP contribution in [-0.4, -0.2) is 77.4 Å². The molecule has 2 N–H and O–H groups in total. The average Bonchev–Trinajstić information content (AvgIpc) is 4.24. The van der Waals surface area contributed by atoms with Gasteiger partial charge < -0.3 is 29.1 Å². The molecule has 0 aliphatic carbocycles. The van der Waals surface area contributed by atoms with Gasteiger partial charge in [0.05, 0.1) is 75.6 Å². The molecule has 1 fully saturated rings. The molecule has 1 amide bonds. The Kier molecular flexibility index (Phi) is 15.1. The molecule has 4 aromatic carbocycles. The summed E-state index contributed by atoms with van der Waals surface area (Å²) in [4.78, 5) is 51.9. The lowest BCUT2D eigenvalue weighted by molar-refractivity contribution is -0.122. The first kappa shape index (κ1) is 51.9. The number of hydrogen-bond donors (Lipinski definition) is 2. The van der Waals surface area contributed by atoms with Crippen LogP contribution in [0, 0.1) is 19.8 Å². The van der Waals surface area contributed by atoms with E-state index in [0.29, 0.717) is 36.1 Å². The van der Waals surface area contributed by atoms with E-state index in [4.69, 9.17) is 18.8 Å². The number of H-pyrrole nitrogens is 1. The van der Waals surface area contributed by atoms with Gasteiger partial charge in [-0.25, -0.2) is 9.59 Å². The average molecular weight is 1100 g/mol. The molecule has 380 valence electrons. The fourth-order valence-electron chi connectivity index (χ4n) is 8.55. The molecule has 2 atom stereocenters. The SMILES string of the molecule is COc1cccc(Cn2c(C)nn(-c3ccc(B4OC(C)(C)C(C)(C)O4)cc3)c2=O)c1.COc1cccc(Cn2c(C)nn(-c3ccc(C4=CNC(=O)C5C=CSC45)cc3)c2=O)c1.O=c1[nH]cc(Br)c2sccc12. The summed E-state index contributed by atoms with van der Waals surface area (Å²) < 4.78 is 30.9. The van der Waals surface area contributed by atoms with Gasteiger partial charge in [0, 0.05) is 12.4 Å². The van der Waals surface area contributed by atoms with Gasteiger partial charge in [0.15, 0.2) is 0 Å². The van der Waals surface area contributed by atoms with Crippen molar-refractivity contribution in [3.8, 4) is 22.9 Å². The van der Waals surface area contributed by atoms with Crippen molar-refractivity contribution >= 4 is 73.2 Å². The van der Waals surface area contributed by atoms with Gasteiger partial charge in [0.25, 0.3) is 5.56 Å². The van der Waals surface area contributed by atoms with E-state index >= 15 is 0 Å². The van der Waals surface area contributed by atoms with Gasteiger partial charge >= 0.3 is 18.5 Å². The highest BCUT2D eigenvalue weighted by molar-refractivity contribution is 9.10. The third kappa shape index (κ3) is 10.7. The van der Waals surface area contributed by atoms with E-state index in [1.807, 2.05) is 162 Å². The predicted molar refractivity (Wildman–Crippen MR) is 295 cm³/mol. The Bertz CT molecular complexity index is 3600. The van der Waals surface area contributed by atoms with E-state index in [0.717, 1.165) is 53.8 Å². The molecule has 4 aromatic heterocycles. The van der Waals surface area contributed by atoms with Crippen LogP contribution in [-0.2, 0) is 27.2 Å². The molecule has 74 heavy (non-hydrogen) atoms. The molecule has 20 heteroatoms. The number of aromatic nitrogens is 7. The number of thioether (sulfide) groups is 1. The fraction of sp³-hybridized carbons (Fsp3) is 0.259. The van der Waals surface area contributed by atoms with Gasteiger partial charge in [0.1, 0.15) is 23.1 Å². The van der Waals surface area contributed by atoms with Gasteiger partial charge in [-0.15, -0.1) is 23.1 Å². The lowest BCUT2D eigenvalue weighted by Crippen LogP contribution is -2.41. The largest absolute Gasteiger partial charge is 0.497 e. The number of pyridine rings is 1. The number of rotatable bonds is 10. The summed E-state index contributed by atoms with van der Waals surface area (Å²) in [7, 11) is 2.81. The maximum absolute atomic E-state index is 13.1. The van der Waals surface area contributed by atoms with Crippen LogP contribution >= 0.6 is 39.0 Å². The Labute approximate surface area is 443 Å². The normalized spacial score (nSPS) is 17.2. The van der Waals surface area contributed by atoms with Crippen molar-refractivity contribution in [3.05, 3.63) is 197 Å². The lowest BCUT2D eigenvalue weighted by Gasteiger charge is -2.32. The molecule has 11 rings (SSSR count). The number of hydrogen-bond acceptors (Lipinski definition) is 12. The minimum absolute atomic E-state index is 0.0237. The number of nitrogens with zero attached hydrogens (tertiary/aromatic N) is 6. The molecular formula is C54H54BBrN8O8S2. The van der Waals surface area contributed by atoms with Crippen LogP contribution in [0.25, 0.3) is 27.0 Å². The zero-order valence-corrected chi connectivity index (χ0v) is 45.2. The Morgan fingerprint density at radius 3 is 1.81 bits per heavy atom. The van der Waals surface area contributed by atoms with Crippen molar-refractivity contribution in [1.82, 2.24) is 39.0 Å². The van der Waals surface area contributed by atoms with Crippen molar-refractivity contribution < 1.29 is 23.6 Å². The highest BCUT2D eigenvalue weighted by atomic mass is 79.9. The molecular weight excluding hydrogens is 1040 g/mol. The van der Waals surface area contributed by atoms with Crippen molar-refractivity contribution in [2.75, 3.05) is 14.2 Å². The molecule has 2 unspecified atom stereocenters. The van der Waals surface area contributed by atoms with Crippen LogP contribution in [0.5, 0.6) is 11.5 Å². The maximum Gasteiger partial charge on any atom is 0.494 e. The van der Waals surface area contributed by atoms with E-state index in [2.05, 4.69) is 36.4 Å². The minimum Gasteiger partial charge on any atom is -0.497 e. The monoisotopic (exact) mass is 1100 g/mol. The number of nitrogens with one attached hydrogen (secondary N) is 2. The summed E-state index contributed by atoms with van der Waals surface area (Å²) in [6.45, 7) is 12.6. The van der Waals surface area contributed by atoms with Crippen molar-refractivity contribution in [2.24, 2.45) is 5.92 Å². The number of carbonyl (C=O) groups is 1. The fourth-order valence-corrected chi connectivity index (χ4v) is 11.1. The summed E-state index contributed by atoms with van der Waals surface area (Å²) >= 11 is 6.57. The van der Waals surface area contributed by atoms with Crippen LogP contribution in [0.4, 0.5) is 0 Å². The van der Waals surface area contributed by atoms with E-state index in [9.17, 15) is 19.2 Å². The molecule has 16 nitrogen and oxygen atoms in total. The van der Waals surface area contributed by atoms with E-state index in [-0.39, 0.29) is 34.0 Å². The standard InChI is InChI=1S/C24H22N4O3S.C23H28BN3O4.C7H4BrNOS/c1-15-26-28(24(30)27(15)14-16-4-3-5-19(12-16)31-2)18-8-6-17(7-9-18)21-13-25-23(29)20-10-11-32-22(20)21;1-16-25-27(21(28)26(16)15-17-8-7-9-20(14-17)29-6)19-12-10-18(11-13-19)24-30-22(2,3)23(4,5)31-24;8-5-3-9-7(10)4-1-2-11-6(4)5/h3-13,20,22H,14H2,1-2H3,(H,25,29);7-14H,15H2,1-6H3;1-3H,(H,9,10). The zero-order chi connectivity index (χ0) is 52.5. The van der Waals surface area contributed by atoms with Gasteiger partial charge in [-0.05, 0) is 151 Å². The van der Waals surface area contributed by atoms with Crippen molar-refractivity contribution in [1.29, 1.82) is 0 Å². The van der Waals surface area contributed by atoms with E-state index < -0.39 is 18.3 Å². The zero-order valence-electron chi connectivity index (χ0n) is 42.0. The third-order valence-electron chi connectivity index (χ3n) is 13.4. The quantitative estimate of drug-likeness (QED) is 0.126. The summed E-state index contributed by atoms with van der Waals surface area (Å²) in [6, 6.07) is 32.4. The molecule has 0 radical (unpaired) electrons. The van der Waals surface area contributed by atoms with Crippen LogP contribution in [0.2, 0.25) is 0 Å². The number of fused-ring (bicyclic) bond motifs is 2. The van der Waals surface area contributed by atoms with Crippen LogP contribution in [0.1, 0.15) is 56.0 Å². The molecule has 3 aliphatic rings.